The molecule has 12 heteroatoms. The Kier molecular flexibility index (Phi) is 10.4. The molecule has 2 N–H and O–H groups in total. The molecular formula is C28H34F3N3O5S. The number of nitrogens with one attached hydrogen (secondary N) is 1. The molecular weight excluding hydrogens is 547 g/mol. The number of imidazole rings is 1. The number of fused-ring (bicyclic) bond motifs is 1. The van der Waals surface area contributed by atoms with Crippen molar-refractivity contribution in [2.45, 2.75) is 56.8 Å². The fraction of sp³-hybridized carbons (Fsp3) is 0.429. The second-order valence-corrected chi connectivity index (χ2v) is 11.9. The number of alkyl halides is 3. The molecule has 1 aliphatic heterocycles. The number of benzene rings is 2. The first-order chi connectivity index (χ1) is 18.8. The number of carboxylic acid groups (broad SMARTS) is 1. The molecule has 218 valence electrons. The highest BCUT2D eigenvalue weighted by Crippen LogP contribution is 2.42. The van der Waals surface area contributed by atoms with Crippen LogP contribution in [-0.2, 0) is 34.8 Å². The summed E-state index contributed by atoms with van der Waals surface area (Å²) in [7, 11) is -1.91. The van der Waals surface area contributed by atoms with Crippen LogP contribution in [0.5, 0.6) is 5.75 Å². The maximum Gasteiger partial charge on any atom is 0.490 e. The minimum Gasteiger partial charge on any atom is -0.493 e. The van der Waals surface area contributed by atoms with Gasteiger partial charge in [0.25, 0.3) is 10.0 Å². The van der Waals surface area contributed by atoms with E-state index in [-0.39, 0.29) is 11.6 Å². The van der Waals surface area contributed by atoms with E-state index < -0.39 is 22.2 Å². The number of aryl methyl sites for hydroxylation is 1. The zero-order valence-electron chi connectivity index (χ0n) is 22.6. The van der Waals surface area contributed by atoms with E-state index in [4.69, 9.17) is 14.6 Å². The summed E-state index contributed by atoms with van der Waals surface area (Å²) in [4.78, 5) is 12.9. The van der Waals surface area contributed by atoms with Gasteiger partial charge in [0.05, 0.1) is 12.9 Å². The van der Waals surface area contributed by atoms with Gasteiger partial charge in [0.1, 0.15) is 5.75 Å². The Morgan fingerprint density at radius 1 is 1.18 bits per heavy atom. The minimum atomic E-state index is -5.08. The van der Waals surface area contributed by atoms with Crippen molar-refractivity contribution in [2.24, 2.45) is 18.9 Å². The summed E-state index contributed by atoms with van der Waals surface area (Å²) in [5.41, 5.74) is 3.40. The van der Waals surface area contributed by atoms with Gasteiger partial charge in [-0.15, -0.1) is 0 Å². The van der Waals surface area contributed by atoms with E-state index in [0.717, 1.165) is 37.2 Å². The number of carboxylic acids is 1. The molecule has 0 bridgehead atoms. The largest absolute Gasteiger partial charge is 0.493 e. The molecule has 0 aliphatic carbocycles. The van der Waals surface area contributed by atoms with Gasteiger partial charge in [0, 0.05) is 25.7 Å². The molecule has 2 aromatic carbocycles. The van der Waals surface area contributed by atoms with E-state index >= 15 is 0 Å². The lowest BCUT2D eigenvalue weighted by molar-refractivity contribution is -0.192. The molecule has 0 saturated heterocycles. The summed E-state index contributed by atoms with van der Waals surface area (Å²) in [6, 6.07) is 16.6. The third kappa shape index (κ3) is 8.82. The van der Waals surface area contributed by atoms with Crippen LogP contribution in [0.25, 0.3) is 0 Å². The van der Waals surface area contributed by atoms with Gasteiger partial charge in [-0.2, -0.15) is 13.2 Å². The van der Waals surface area contributed by atoms with E-state index in [9.17, 15) is 21.6 Å². The SMILES string of the molecule is CC(C)CCC1COc2ccc(CNS(=O)(=O)c3cn(C)cn3)cc2C1Cc1ccccc1.O=C(O)C(F)(F)F. The van der Waals surface area contributed by atoms with Crippen molar-refractivity contribution in [3.05, 3.63) is 77.7 Å². The summed E-state index contributed by atoms with van der Waals surface area (Å²) < 4.78 is 67.4. The zero-order chi connectivity index (χ0) is 29.5. The molecule has 1 aliphatic rings. The number of ether oxygens (including phenoxy) is 1. The highest BCUT2D eigenvalue weighted by molar-refractivity contribution is 7.89. The fourth-order valence-corrected chi connectivity index (χ4v) is 5.45. The maximum atomic E-state index is 12.6. The van der Waals surface area contributed by atoms with Crippen molar-refractivity contribution in [2.75, 3.05) is 6.61 Å². The van der Waals surface area contributed by atoms with E-state index in [1.807, 2.05) is 18.2 Å². The van der Waals surface area contributed by atoms with E-state index in [2.05, 4.69) is 53.9 Å². The van der Waals surface area contributed by atoms with Crippen molar-refractivity contribution >= 4 is 16.0 Å². The summed E-state index contributed by atoms with van der Waals surface area (Å²) >= 11 is 0. The Morgan fingerprint density at radius 2 is 1.85 bits per heavy atom. The van der Waals surface area contributed by atoms with Gasteiger partial charge in [-0.25, -0.2) is 22.9 Å². The predicted octanol–water partition coefficient (Wildman–Crippen LogP) is 5.30. The quantitative estimate of drug-likeness (QED) is 0.355. The number of nitrogens with zero attached hydrogens (tertiary/aromatic N) is 2. The van der Waals surface area contributed by atoms with Crippen molar-refractivity contribution in [3.8, 4) is 5.75 Å². The molecule has 0 spiro atoms. The van der Waals surface area contributed by atoms with Gasteiger partial charge in [-0.05, 0) is 47.4 Å². The number of carbonyl (C=O) groups is 1. The van der Waals surface area contributed by atoms with Gasteiger partial charge in [0.15, 0.2) is 5.03 Å². The molecule has 3 aromatic rings. The average Bonchev–Trinajstić information content (AvgIpc) is 3.34. The molecule has 2 atom stereocenters. The second-order valence-electron chi connectivity index (χ2n) is 10.2. The summed E-state index contributed by atoms with van der Waals surface area (Å²) in [6.45, 7) is 5.45. The van der Waals surface area contributed by atoms with Crippen molar-refractivity contribution in [3.63, 3.8) is 0 Å². The van der Waals surface area contributed by atoms with Crippen molar-refractivity contribution in [1.82, 2.24) is 14.3 Å². The lowest BCUT2D eigenvalue weighted by Gasteiger charge is -2.35. The monoisotopic (exact) mass is 581 g/mol. The summed E-state index contributed by atoms with van der Waals surface area (Å²) in [5, 5.41) is 7.15. The molecule has 2 unspecified atom stereocenters. The van der Waals surface area contributed by atoms with Gasteiger partial charge in [0.2, 0.25) is 0 Å². The molecule has 2 heterocycles. The first-order valence-electron chi connectivity index (χ1n) is 12.8. The molecule has 8 nitrogen and oxygen atoms in total. The smallest absolute Gasteiger partial charge is 0.490 e. The van der Waals surface area contributed by atoms with Crippen LogP contribution in [0.15, 0.2) is 66.1 Å². The number of aliphatic carboxylic acids is 1. The average molecular weight is 582 g/mol. The van der Waals surface area contributed by atoms with Crippen LogP contribution < -0.4 is 9.46 Å². The Morgan fingerprint density at radius 3 is 2.42 bits per heavy atom. The first kappa shape index (κ1) is 31.2. The van der Waals surface area contributed by atoms with Crippen LogP contribution in [0.2, 0.25) is 0 Å². The van der Waals surface area contributed by atoms with Crippen LogP contribution in [-0.4, -0.2) is 41.8 Å². The maximum absolute atomic E-state index is 12.6. The van der Waals surface area contributed by atoms with Crippen LogP contribution in [0.1, 0.15) is 49.3 Å². The minimum absolute atomic E-state index is 0.0296. The highest BCUT2D eigenvalue weighted by atomic mass is 32.2. The number of aromatic nitrogens is 2. The molecule has 0 radical (unpaired) electrons. The van der Waals surface area contributed by atoms with Crippen LogP contribution in [0, 0.1) is 11.8 Å². The lowest BCUT2D eigenvalue weighted by Crippen LogP contribution is -2.28. The lowest BCUT2D eigenvalue weighted by atomic mass is 9.77. The Balaban J connectivity index is 0.000000559. The Labute approximate surface area is 232 Å². The first-order valence-corrected chi connectivity index (χ1v) is 14.3. The molecule has 4 rings (SSSR count). The van der Waals surface area contributed by atoms with E-state index in [1.54, 1.807) is 11.6 Å². The van der Waals surface area contributed by atoms with Crippen LogP contribution >= 0.6 is 0 Å². The standard InChI is InChI=1S/C26H33N3O3S.C2HF3O2/c1-19(2)9-11-22-17-32-25-12-10-21(15-28-33(30,31)26-16-29(3)18-27-26)14-24(25)23(22)13-20-7-5-4-6-8-20;3-2(4,5)1(6)7/h4-8,10,12,14,16,18-19,22-23,28H,9,11,13,15,17H2,1-3H3;(H,6,7). The Hall–Kier alpha value is -3.38. The summed E-state index contributed by atoms with van der Waals surface area (Å²) in [6.07, 6.45) is 1.13. The van der Waals surface area contributed by atoms with Crippen molar-refractivity contribution in [1.29, 1.82) is 0 Å². The molecule has 0 fully saturated rings. The van der Waals surface area contributed by atoms with Crippen LogP contribution in [0.4, 0.5) is 13.2 Å². The zero-order valence-corrected chi connectivity index (χ0v) is 23.4. The van der Waals surface area contributed by atoms with Gasteiger partial charge >= 0.3 is 12.1 Å². The van der Waals surface area contributed by atoms with Crippen molar-refractivity contribution < 1.29 is 36.2 Å². The highest BCUT2D eigenvalue weighted by Gasteiger charge is 2.38. The summed E-state index contributed by atoms with van der Waals surface area (Å²) in [5.74, 6) is -0.431. The number of halogens is 3. The number of hydrogen-bond acceptors (Lipinski definition) is 5. The number of hydrogen-bond donors (Lipinski definition) is 2. The van der Waals surface area contributed by atoms with E-state index in [1.165, 1.54) is 23.7 Å². The Bertz CT molecular complexity index is 1380. The second kappa shape index (κ2) is 13.3. The van der Waals surface area contributed by atoms with Gasteiger partial charge < -0.3 is 14.4 Å². The molecule has 40 heavy (non-hydrogen) atoms. The third-order valence-electron chi connectivity index (χ3n) is 6.57. The number of sulfonamides is 1. The van der Waals surface area contributed by atoms with Crippen LogP contribution in [0.3, 0.4) is 0 Å². The third-order valence-corrected chi connectivity index (χ3v) is 7.86. The molecule has 0 amide bonds. The topological polar surface area (TPSA) is 111 Å². The fourth-order valence-electron chi connectivity index (χ4n) is 4.45. The normalized spacial score (nSPS) is 17.0. The van der Waals surface area contributed by atoms with Gasteiger partial charge in [-0.3, -0.25) is 0 Å². The predicted molar refractivity (Wildman–Crippen MR) is 143 cm³/mol. The molecule has 1 aromatic heterocycles. The number of rotatable bonds is 9. The van der Waals surface area contributed by atoms with E-state index in [0.29, 0.717) is 17.8 Å². The van der Waals surface area contributed by atoms with Gasteiger partial charge in [-0.1, -0.05) is 62.7 Å². The molecule has 0 saturated carbocycles.